The van der Waals surface area contributed by atoms with E-state index in [-0.39, 0.29) is 42.9 Å². The Hall–Kier alpha value is -3.08. The average Bonchev–Trinajstić information content (AvgIpc) is 3.67. The summed E-state index contributed by atoms with van der Waals surface area (Å²) in [7, 11) is -4.16. The zero-order valence-corrected chi connectivity index (χ0v) is 27.0. The Kier molecular flexibility index (Phi) is 13.2. The second-order valence-electron chi connectivity index (χ2n) is 11.8. The number of phosphoric acid groups is 1. The number of nitrogen functional groups attached to an aromatic ring is 1. The number of carbonyl (C=O) groups excluding carboxylic acids is 1. The molecule has 17 heteroatoms. The molecule has 0 amide bonds. The first-order valence-electron chi connectivity index (χ1n) is 15.8. The van der Waals surface area contributed by atoms with E-state index in [9.17, 15) is 34.4 Å². The molecule has 47 heavy (non-hydrogen) atoms. The number of anilines is 1. The summed E-state index contributed by atoms with van der Waals surface area (Å²) in [4.78, 5) is 43.9. The minimum Gasteiger partial charge on any atom is -0.481 e. The minimum absolute atomic E-state index is 0.0535. The molecule has 0 radical (unpaired) electrons. The lowest BCUT2D eigenvalue weighted by atomic mass is 9.90. The number of ether oxygens (including phenoxy) is 1. The number of carboxylic acid groups (broad SMARTS) is 1. The molecule has 1 aliphatic carbocycles. The molecule has 2 saturated heterocycles. The molecule has 3 fully saturated rings. The summed E-state index contributed by atoms with van der Waals surface area (Å²) in [5.41, 5.74) is 6.46. The molecule has 0 bridgehead atoms. The van der Waals surface area contributed by atoms with Gasteiger partial charge in [0.15, 0.2) is 17.7 Å². The highest BCUT2D eigenvalue weighted by Crippen LogP contribution is 2.52. The Morgan fingerprint density at radius 3 is 2.74 bits per heavy atom. The molecule has 1 saturated carbocycles. The summed E-state index contributed by atoms with van der Waals surface area (Å²) in [5, 5.41) is 39.0. The van der Waals surface area contributed by atoms with Crippen molar-refractivity contribution in [3.05, 3.63) is 37.0 Å². The van der Waals surface area contributed by atoms with E-state index in [1.807, 2.05) is 12.2 Å². The third-order valence-electron chi connectivity index (χ3n) is 8.34. The smallest absolute Gasteiger partial charge is 0.472 e. The Morgan fingerprint density at radius 1 is 1.21 bits per heavy atom. The van der Waals surface area contributed by atoms with Crippen LogP contribution in [0, 0.1) is 11.8 Å². The van der Waals surface area contributed by atoms with Crippen molar-refractivity contribution in [1.29, 1.82) is 0 Å². The highest BCUT2D eigenvalue weighted by atomic mass is 31.2. The third kappa shape index (κ3) is 9.74. The molecule has 2 aromatic heterocycles. The van der Waals surface area contributed by atoms with Crippen molar-refractivity contribution in [2.45, 2.75) is 101 Å². The Labute approximate surface area is 271 Å². The molecule has 0 spiro atoms. The lowest BCUT2D eigenvalue weighted by Gasteiger charge is -2.27. The summed E-state index contributed by atoms with van der Waals surface area (Å²) < 4.78 is 28.2. The van der Waals surface area contributed by atoms with Gasteiger partial charge in [0.25, 0.3) is 0 Å². The van der Waals surface area contributed by atoms with Crippen molar-refractivity contribution < 1.29 is 53.3 Å². The Morgan fingerprint density at radius 2 is 2.00 bits per heavy atom. The maximum atomic E-state index is 12.1. The lowest BCUT2D eigenvalue weighted by Crippen LogP contribution is -2.39. The number of ketones is 1. The summed E-state index contributed by atoms with van der Waals surface area (Å²) in [6.45, 7) is 1.96. The molecule has 3 aliphatic rings. The third-order valence-corrected chi connectivity index (χ3v) is 9.32. The van der Waals surface area contributed by atoms with E-state index in [1.54, 1.807) is 12.2 Å². The molecule has 16 nitrogen and oxygen atoms in total. The second kappa shape index (κ2) is 16.8. The topological polar surface area (TPSA) is 250 Å². The summed E-state index contributed by atoms with van der Waals surface area (Å²) in [6.07, 6.45) is 11.0. The Bertz CT molecular complexity index is 1470. The number of imidazole rings is 1. The summed E-state index contributed by atoms with van der Waals surface area (Å²) >= 11 is 0. The highest BCUT2D eigenvalue weighted by Gasteiger charge is 2.52. The van der Waals surface area contributed by atoms with Crippen LogP contribution in [0.1, 0.15) is 70.9 Å². The standard InChI is InChI=1S/C20H32O5.C10H12N5O6P/c1-2-3-6-9-15(21)12-13-17-16(18(22)14-19(17)23)10-7-4-5-8-11-20(24)25;11-8-5-9(13-2-12-8)15(3-14-5)10-6(16)7-4(20-10)1-19-22(17,18)21-7/h4,7,12-13,15-17,19,21,23H,2-3,5-6,8-11,14H2,1H3,(H,24,25);2-4,6-7,10,16H,1H2,(H,17,18)(H2,11,12,13)/b7-4-,13-12+;/t15-,16+,17+,19+;4-,6-,7-,10-/m01/s1. The number of fused-ring (bicyclic) bond motifs is 2. The molecule has 0 aromatic carbocycles. The van der Waals surface area contributed by atoms with Gasteiger partial charge in [0.1, 0.15) is 35.9 Å². The maximum absolute atomic E-state index is 12.1. The van der Waals surface area contributed by atoms with E-state index >= 15 is 0 Å². The van der Waals surface area contributed by atoms with Crippen LogP contribution >= 0.6 is 7.82 Å². The van der Waals surface area contributed by atoms with Crippen molar-refractivity contribution in [3.8, 4) is 0 Å². The molecule has 260 valence electrons. The van der Waals surface area contributed by atoms with Crippen LogP contribution in [-0.4, -0.2) is 93.7 Å². The van der Waals surface area contributed by atoms with E-state index in [0.29, 0.717) is 36.8 Å². The first-order chi connectivity index (χ1) is 22.4. The van der Waals surface area contributed by atoms with Gasteiger partial charge in [-0.1, -0.05) is 50.5 Å². The number of carbonyl (C=O) groups is 2. The number of aliphatic hydroxyl groups excluding tert-OH is 3. The molecule has 5 rings (SSSR count). The number of Topliss-reactive ketones (excluding diaryl/α,β-unsaturated/α-hetero) is 1. The fourth-order valence-corrected chi connectivity index (χ4v) is 6.80. The highest BCUT2D eigenvalue weighted by molar-refractivity contribution is 7.47. The zero-order chi connectivity index (χ0) is 34.1. The van der Waals surface area contributed by atoms with E-state index in [1.165, 1.54) is 17.2 Å². The van der Waals surface area contributed by atoms with Crippen LogP contribution in [0.15, 0.2) is 37.0 Å². The van der Waals surface area contributed by atoms with Crippen molar-refractivity contribution in [1.82, 2.24) is 19.5 Å². The van der Waals surface area contributed by atoms with Gasteiger partial charge >= 0.3 is 13.8 Å². The number of aliphatic carboxylic acids is 1. The van der Waals surface area contributed by atoms with Gasteiger partial charge < -0.3 is 35.8 Å². The normalized spacial score (nSPS) is 31.3. The van der Waals surface area contributed by atoms with Crippen LogP contribution in [0.3, 0.4) is 0 Å². The molecule has 2 aliphatic heterocycles. The number of allylic oxidation sites excluding steroid dienone is 2. The largest absolute Gasteiger partial charge is 0.481 e. The number of phosphoric ester groups is 1. The van der Waals surface area contributed by atoms with E-state index < -0.39 is 50.5 Å². The van der Waals surface area contributed by atoms with Crippen LogP contribution < -0.4 is 5.73 Å². The summed E-state index contributed by atoms with van der Waals surface area (Å²) in [5.74, 6) is -1.06. The second-order valence-corrected chi connectivity index (χ2v) is 13.2. The molecule has 4 heterocycles. The van der Waals surface area contributed by atoms with Gasteiger partial charge in [0, 0.05) is 24.7 Å². The minimum atomic E-state index is -4.16. The quantitative estimate of drug-likeness (QED) is 0.101. The summed E-state index contributed by atoms with van der Waals surface area (Å²) in [6, 6.07) is 0. The predicted octanol–water partition coefficient (Wildman–Crippen LogP) is 2.43. The number of unbranched alkanes of at least 4 members (excludes halogenated alkanes) is 3. The monoisotopic (exact) mass is 681 g/mol. The number of rotatable bonds is 13. The predicted molar refractivity (Wildman–Crippen MR) is 167 cm³/mol. The molecule has 7 N–H and O–H groups in total. The lowest BCUT2D eigenvalue weighted by molar-refractivity contribution is -0.137. The number of carboxylic acids is 1. The molecule has 1 unspecified atom stereocenters. The van der Waals surface area contributed by atoms with Crippen molar-refractivity contribution in [3.63, 3.8) is 0 Å². The molecule has 9 atom stereocenters. The number of nitrogens with zero attached hydrogens (tertiary/aromatic N) is 4. The van der Waals surface area contributed by atoms with Gasteiger partial charge in [-0.05, 0) is 25.7 Å². The van der Waals surface area contributed by atoms with Gasteiger partial charge in [-0.15, -0.1) is 0 Å². The first-order valence-corrected chi connectivity index (χ1v) is 17.3. The van der Waals surface area contributed by atoms with Gasteiger partial charge in [-0.25, -0.2) is 19.5 Å². The van der Waals surface area contributed by atoms with E-state index in [2.05, 4.69) is 26.4 Å². The van der Waals surface area contributed by atoms with E-state index in [4.69, 9.17) is 20.1 Å². The zero-order valence-electron chi connectivity index (χ0n) is 26.2. The van der Waals surface area contributed by atoms with Crippen LogP contribution in [0.4, 0.5) is 5.82 Å². The number of aromatic nitrogens is 4. The van der Waals surface area contributed by atoms with Crippen LogP contribution in [0.5, 0.6) is 0 Å². The van der Waals surface area contributed by atoms with Gasteiger partial charge in [-0.2, -0.15) is 0 Å². The number of nitrogens with two attached hydrogens (primary N) is 1. The van der Waals surface area contributed by atoms with Crippen LogP contribution in [-0.2, 0) is 27.9 Å². The van der Waals surface area contributed by atoms with Gasteiger partial charge in [0.2, 0.25) is 0 Å². The molecular weight excluding hydrogens is 637 g/mol. The first kappa shape index (κ1) is 36.8. The average molecular weight is 682 g/mol. The van der Waals surface area contributed by atoms with Gasteiger partial charge in [-0.3, -0.25) is 23.2 Å². The van der Waals surface area contributed by atoms with Crippen LogP contribution in [0.2, 0.25) is 0 Å². The molecule has 2 aromatic rings. The van der Waals surface area contributed by atoms with Crippen LogP contribution in [0.25, 0.3) is 11.2 Å². The number of hydrogen-bond acceptors (Lipinski definition) is 13. The number of aliphatic hydroxyl groups is 3. The van der Waals surface area contributed by atoms with Crippen molar-refractivity contribution >= 4 is 36.6 Å². The van der Waals surface area contributed by atoms with Gasteiger partial charge in [0.05, 0.1) is 25.1 Å². The maximum Gasteiger partial charge on any atom is 0.472 e. The Balaban J connectivity index is 0.000000214. The van der Waals surface area contributed by atoms with Crippen molar-refractivity contribution in [2.24, 2.45) is 11.8 Å². The molecular formula is C30H44N5O11P. The van der Waals surface area contributed by atoms with E-state index in [0.717, 1.165) is 19.3 Å². The fraction of sp³-hybridized carbons (Fsp3) is 0.633. The SMILES string of the molecule is CCCCC[C@H](O)/C=C/[C@H]1[C@H](O)CC(=O)[C@@H]1C/C=C\CCCC(=O)O.Nc1ncnc2c1ncn2[C@@H]1O[C@@H]2COP(=O)(O)O[C@H]2[C@H]1O. The van der Waals surface area contributed by atoms with Crippen molar-refractivity contribution in [2.75, 3.05) is 12.3 Å². The number of hydrogen-bond donors (Lipinski definition) is 6. The fourth-order valence-electron chi connectivity index (χ4n) is 5.84.